The Bertz CT molecular complexity index is 446. The number of hydrogen-bond acceptors (Lipinski definition) is 4. The lowest BCUT2D eigenvalue weighted by Gasteiger charge is -2.34. The molecule has 2 unspecified atom stereocenters. The minimum Gasteiger partial charge on any atom is -0.496 e. The third-order valence-electron chi connectivity index (χ3n) is 4.01. The van der Waals surface area contributed by atoms with E-state index >= 15 is 0 Å². The molecule has 1 amide bonds. The highest BCUT2D eigenvalue weighted by atomic mass is 32.1. The van der Waals surface area contributed by atoms with E-state index in [-0.39, 0.29) is 5.91 Å². The number of thiophene rings is 1. The molecule has 1 N–H and O–H groups in total. The van der Waals surface area contributed by atoms with Gasteiger partial charge >= 0.3 is 0 Å². The van der Waals surface area contributed by atoms with E-state index in [1.54, 1.807) is 7.11 Å². The van der Waals surface area contributed by atoms with Crippen molar-refractivity contribution in [3.05, 3.63) is 16.3 Å². The summed E-state index contributed by atoms with van der Waals surface area (Å²) < 4.78 is 5.13. The first-order valence-electron chi connectivity index (χ1n) is 6.40. The molecule has 2 saturated heterocycles. The van der Waals surface area contributed by atoms with Gasteiger partial charge in [0.2, 0.25) is 0 Å². The van der Waals surface area contributed by atoms with Crippen LogP contribution in [-0.4, -0.2) is 44.1 Å². The number of amides is 1. The van der Waals surface area contributed by atoms with Gasteiger partial charge in [0.25, 0.3) is 5.91 Å². The summed E-state index contributed by atoms with van der Waals surface area (Å²) in [5.41, 5.74) is 0. The van der Waals surface area contributed by atoms with Gasteiger partial charge in [-0.05, 0) is 31.3 Å². The molecule has 0 bridgehead atoms. The minimum atomic E-state index is 0.161. The molecule has 0 saturated carbocycles. The third kappa shape index (κ3) is 2.12. The van der Waals surface area contributed by atoms with Gasteiger partial charge in [-0.3, -0.25) is 4.79 Å². The Labute approximate surface area is 111 Å². The second kappa shape index (κ2) is 4.90. The van der Waals surface area contributed by atoms with Gasteiger partial charge in [0.1, 0.15) is 5.75 Å². The highest BCUT2D eigenvalue weighted by Crippen LogP contribution is 2.29. The summed E-state index contributed by atoms with van der Waals surface area (Å²) in [4.78, 5) is 15.2. The van der Waals surface area contributed by atoms with E-state index in [2.05, 4.69) is 5.32 Å². The second-order valence-electron chi connectivity index (χ2n) is 5.07. The molecule has 0 aliphatic carbocycles. The normalized spacial score (nSPS) is 27.1. The Hall–Kier alpha value is -1.07. The molecular weight excluding hydrogens is 248 g/mol. The predicted molar refractivity (Wildman–Crippen MR) is 71.2 cm³/mol. The van der Waals surface area contributed by atoms with E-state index in [1.807, 2.05) is 16.3 Å². The average Bonchev–Trinajstić information content (AvgIpc) is 3.05. The zero-order chi connectivity index (χ0) is 12.5. The summed E-state index contributed by atoms with van der Waals surface area (Å²) in [7, 11) is 1.63. The number of carbonyl (C=O) groups excluding carboxylic acids is 1. The number of nitrogens with zero attached hydrogens (tertiary/aromatic N) is 1. The van der Waals surface area contributed by atoms with Crippen molar-refractivity contribution in [3.63, 3.8) is 0 Å². The van der Waals surface area contributed by atoms with Gasteiger partial charge in [-0.25, -0.2) is 0 Å². The van der Waals surface area contributed by atoms with Crippen LogP contribution >= 0.6 is 11.3 Å². The molecule has 1 aromatic heterocycles. The van der Waals surface area contributed by atoms with Crippen LogP contribution in [0.25, 0.3) is 0 Å². The molecule has 98 valence electrons. The maximum Gasteiger partial charge on any atom is 0.264 e. The maximum absolute atomic E-state index is 12.4. The van der Waals surface area contributed by atoms with Gasteiger partial charge < -0.3 is 15.0 Å². The van der Waals surface area contributed by atoms with Crippen LogP contribution in [0.2, 0.25) is 0 Å². The zero-order valence-electron chi connectivity index (χ0n) is 10.5. The quantitative estimate of drug-likeness (QED) is 0.880. The molecule has 3 heterocycles. The number of carbonyl (C=O) groups is 1. The summed E-state index contributed by atoms with van der Waals surface area (Å²) in [5.74, 6) is 2.35. The van der Waals surface area contributed by atoms with E-state index < -0.39 is 0 Å². The van der Waals surface area contributed by atoms with Crippen LogP contribution in [0.5, 0.6) is 5.75 Å². The molecule has 0 radical (unpaired) electrons. The summed E-state index contributed by atoms with van der Waals surface area (Å²) >= 11 is 1.47. The largest absolute Gasteiger partial charge is 0.496 e. The van der Waals surface area contributed by atoms with Gasteiger partial charge in [0.15, 0.2) is 0 Å². The number of piperidine rings is 1. The molecule has 0 aromatic carbocycles. The summed E-state index contributed by atoms with van der Waals surface area (Å²) in [5, 5.41) is 5.31. The molecule has 2 fully saturated rings. The molecule has 1 aromatic rings. The molecule has 18 heavy (non-hydrogen) atoms. The molecular formula is C13H18N2O2S. The molecule has 3 rings (SSSR count). The van der Waals surface area contributed by atoms with Crippen LogP contribution < -0.4 is 10.1 Å². The highest BCUT2D eigenvalue weighted by molar-refractivity contribution is 7.12. The fraction of sp³-hybridized carbons (Fsp3) is 0.615. The summed E-state index contributed by atoms with van der Waals surface area (Å²) in [6, 6.07) is 1.84. The lowest BCUT2D eigenvalue weighted by molar-refractivity contribution is 0.0647. The Morgan fingerprint density at radius 1 is 1.50 bits per heavy atom. The number of fused-ring (bicyclic) bond motifs is 1. The van der Waals surface area contributed by atoms with Crippen molar-refractivity contribution in [1.29, 1.82) is 0 Å². The van der Waals surface area contributed by atoms with E-state index in [9.17, 15) is 4.79 Å². The monoisotopic (exact) mass is 266 g/mol. The molecule has 5 heteroatoms. The van der Waals surface area contributed by atoms with Crippen LogP contribution in [0.1, 0.15) is 16.1 Å². The van der Waals surface area contributed by atoms with Crippen LogP contribution in [0.15, 0.2) is 11.4 Å². The fourth-order valence-electron chi connectivity index (χ4n) is 2.91. The van der Waals surface area contributed by atoms with E-state index in [0.717, 1.165) is 49.1 Å². The summed E-state index contributed by atoms with van der Waals surface area (Å²) in [6.45, 7) is 3.97. The Morgan fingerprint density at radius 2 is 2.33 bits per heavy atom. The molecule has 0 spiro atoms. The Balaban J connectivity index is 1.69. The second-order valence-corrected chi connectivity index (χ2v) is 5.98. The number of rotatable bonds is 2. The van der Waals surface area contributed by atoms with Crippen molar-refractivity contribution >= 4 is 17.2 Å². The zero-order valence-corrected chi connectivity index (χ0v) is 11.3. The minimum absolute atomic E-state index is 0.161. The SMILES string of the molecule is COc1csc(C(=O)N2CCC3CNCC3C2)c1. The highest BCUT2D eigenvalue weighted by Gasteiger charge is 2.34. The van der Waals surface area contributed by atoms with Crippen molar-refractivity contribution in [2.24, 2.45) is 11.8 Å². The van der Waals surface area contributed by atoms with Gasteiger partial charge in [-0.1, -0.05) is 0 Å². The number of methoxy groups -OCH3 is 1. The maximum atomic E-state index is 12.4. The van der Waals surface area contributed by atoms with Crippen molar-refractivity contribution in [1.82, 2.24) is 10.2 Å². The average molecular weight is 266 g/mol. The number of likely N-dealkylation sites (tertiary alicyclic amines) is 1. The lowest BCUT2D eigenvalue weighted by Crippen LogP contribution is -2.43. The number of hydrogen-bond donors (Lipinski definition) is 1. The predicted octanol–water partition coefficient (Wildman–Crippen LogP) is 1.44. The van der Waals surface area contributed by atoms with E-state index in [1.165, 1.54) is 11.3 Å². The number of ether oxygens (including phenoxy) is 1. The van der Waals surface area contributed by atoms with Crippen LogP contribution in [0.3, 0.4) is 0 Å². The molecule has 2 atom stereocenters. The van der Waals surface area contributed by atoms with E-state index in [4.69, 9.17) is 4.74 Å². The van der Waals surface area contributed by atoms with Crippen molar-refractivity contribution < 1.29 is 9.53 Å². The smallest absolute Gasteiger partial charge is 0.264 e. The summed E-state index contributed by atoms with van der Waals surface area (Å²) in [6.07, 6.45) is 1.13. The van der Waals surface area contributed by atoms with E-state index in [0.29, 0.717) is 5.92 Å². The first-order chi connectivity index (χ1) is 8.78. The van der Waals surface area contributed by atoms with Crippen LogP contribution in [-0.2, 0) is 0 Å². The van der Waals surface area contributed by atoms with Crippen molar-refractivity contribution in [2.45, 2.75) is 6.42 Å². The molecule has 2 aliphatic rings. The standard InChI is InChI=1S/C13H18N2O2S/c1-17-11-4-12(18-8-11)13(16)15-3-2-9-5-14-6-10(9)7-15/h4,8-10,14H,2-3,5-7H2,1H3. The van der Waals surface area contributed by atoms with Crippen molar-refractivity contribution in [3.8, 4) is 5.75 Å². The van der Waals surface area contributed by atoms with Gasteiger partial charge in [0, 0.05) is 24.5 Å². The first-order valence-corrected chi connectivity index (χ1v) is 7.28. The van der Waals surface area contributed by atoms with Crippen LogP contribution in [0.4, 0.5) is 0 Å². The topological polar surface area (TPSA) is 41.6 Å². The fourth-order valence-corrected chi connectivity index (χ4v) is 3.73. The van der Waals surface area contributed by atoms with Gasteiger partial charge in [-0.2, -0.15) is 0 Å². The van der Waals surface area contributed by atoms with Gasteiger partial charge in [0.05, 0.1) is 12.0 Å². The number of nitrogens with one attached hydrogen (secondary N) is 1. The van der Waals surface area contributed by atoms with Gasteiger partial charge in [-0.15, -0.1) is 11.3 Å². The van der Waals surface area contributed by atoms with Crippen LogP contribution in [0, 0.1) is 11.8 Å². The molecule has 2 aliphatic heterocycles. The van der Waals surface area contributed by atoms with Crippen molar-refractivity contribution in [2.75, 3.05) is 33.3 Å². The Morgan fingerprint density at radius 3 is 3.11 bits per heavy atom. The third-order valence-corrected chi connectivity index (χ3v) is 4.91. The lowest BCUT2D eigenvalue weighted by atomic mass is 9.88. The first kappa shape index (κ1) is 12.0. The molecule has 4 nitrogen and oxygen atoms in total. The Kier molecular flexibility index (Phi) is 3.26.